The van der Waals surface area contributed by atoms with E-state index in [-0.39, 0.29) is 6.09 Å². The molecule has 0 spiro atoms. The van der Waals surface area contributed by atoms with Gasteiger partial charge in [0.05, 0.1) is 10.2 Å². The molecule has 0 unspecified atom stereocenters. The molecule has 0 aromatic carbocycles. The number of carbonyl (C=O) groups excluding carboxylic acids is 1. The predicted molar refractivity (Wildman–Crippen MR) is 124 cm³/mol. The maximum atomic E-state index is 12.2. The third-order valence-corrected chi connectivity index (χ3v) is 5.56. The lowest BCUT2D eigenvalue weighted by molar-refractivity contribution is 0.0184. The average molecular weight is 491 g/mol. The molecule has 1 saturated heterocycles. The number of aryl methyl sites for hydroxylation is 1. The molecule has 1 amide bonds. The van der Waals surface area contributed by atoms with Crippen molar-refractivity contribution in [2.45, 2.75) is 52.7 Å². The molecule has 3 rings (SSSR count). The number of carbonyl (C=O) groups is 1. The highest BCUT2D eigenvalue weighted by Gasteiger charge is 2.26. The van der Waals surface area contributed by atoms with Gasteiger partial charge in [-0.1, -0.05) is 0 Å². The molecule has 0 atom stereocenters. The summed E-state index contributed by atoms with van der Waals surface area (Å²) in [5.41, 5.74) is 1.54. The van der Waals surface area contributed by atoms with Gasteiger partial charge in [-0.2, -0.15) is 0 Å². The van der Waals surface area contributed by atoms with Crippen LogP contribution >= 0.6 is 15.9 Å². The number of hydrogen-bond acceptors (Lipinski definition) is 7. The molecule has 9 heteroatoms. The molecular weight excluding hydrogens is 460 g/mol. The quantitative estimate of drug-likeness (QED) is 0.618. The van der Waals surface area contributed by atoms with Crippen LogP contribution in [0.2, 0.25) is 0 Å². The molecule has 168 valence electrons. The zero-order valence-corrected chi connectivity index (χ0v) is 20.2. The Morgan fingerprint density at radius 1 is 1.23 bits per heavy atom. The molecule has 0 bridgehead atoms. The standard InChI is InChI=1S/C22H31BrN6O2/c1-15-9-18(23)20(25-11-15)28-19-10-17(26-14-27-19)13-24-12-16-5-7-29(8-6-16)21(30)31-22(2,3)4/h9-11,14,16,24H,5-8,12-13H2,1-4H3,(H,25,26,27,28). The first-order valence-corrected chi connectivity index (χ1v) is 11.4. The van der Waals surface area contributed by atoms with Gasteiger partial charge in [0.1, 0.15) is 23.6 Å². The average Bonchev–Trinajstić information content (AvgIpc) is 2.70. The van der Waals surface area contributed by atoms with Crippen LogP contribution in [0.4, 0.5) is 16.4 Å². The van der Waals surface area contributed by atoms with Crippen molar-refractivity contribution in [3.63, 3.8) is 0 Å². The first kappa shape index (κ1) is 23.4. The van der Waals surface area contributed by atoms with E-state index in [4.69, 9.17) is 4.74 Å². The van der Waals surface area contributed by atoms with Crippen LogP contribution in [0.3, 0.4) is 0 Å². The van der Waals surface area contributed by atoms with Crippen molar-refractivity contribution in [2.24, 2.45) is 5.92 Å². The summed E-state index contributed by atoms with van der Waals surface area (Å²) >= 11 is 3.52. The molecule has 3 heterocycles. The number of piperidine rings is 1. The van der Waals surface area contributed by atoms with E-state index in [2.05, 4.69) is 41.5 Å². The molecule has 1 aliphatic heterocycles. The number of halogens is 1. The van der Waals surface area contributed by atoms with Crippen molar-refractivity contribution in [1.29, 1.82) is 0 Å². The third kappa shape index (κ3) is 7.43. The highest BCUT2D eigenvalue weighted by Crippen LogP contribution is 2.23. The second kappa shape index (κ2) is 10.4. The van der Waals surface area contributed by atoms with E-state index in [9.17, 15) is 4.79 Å². The number of hydrogen-bond donors (Lipinski definition) is 2. The van der Waals surface area contributed by atoms with Crippen molar-refractivity contribution >= 4 is 33.7 Å². The first-order chi connectivity index (χ1) is 14.7. The lowest BCUT2D eigenvalue weighted by Gasteiger charge is -2.33. The van der Waals surface area contributed by atoms with Gasteiger partial charge >= 0.3 is 6.09 Å². The number of nitrogens with zero attached hydrogens (tertiary/aromatic N) is 4. The van der Waals surface area contributed by atoms with Crippen LogP contribution in [0.1, 0.15) is 44.9 Å². The number of likely N-dealkylation sites (tertiary alicyclic amines) is 1. The van der Waals surface area contributed by atoms with Gasteiger partial charge in [-0.05, 0) is 80.6 Å². The van der Waals surface area contributed by atoms with Crippen LogP contribution < -0.4 is 10.6 Å². The number of pyridine rings is 1. The number of amides is 1. The van der Waals surface area contributed by atoms with E-state index in [1.165, 1.54) is 0 Å². The highest BCUT2D eigenvalue weighted by atomic mass is 79.9. The summed E-state index contributed by atoms with van der Waals surface area (Å²) in [6.07, 6.45) is 5.09. The topological polar surface area (TPSA) is 92.3 Å². The summed E-state index contributed by atoms with van der Waals surface area (Å²) in [6, 6.07) is 3.93. The summed E-state index contributed by atoms with van der Waals surface area (Å²) in [6.45, 7) is 10.7. The fraction of sp³-hybridized carbons (Fsp3) is 0.545. The number of anilines is 2. The van der Waals surface area contributed by atoms with Gasteiger partial charge in [0.2, 0.25) is 0 Å². The SMILES string of the molecule is Cc1cnc(Nc2cc(CNCC3CCN(C(=O)OC(C)(C)C)CC3)ncn2)c(Br)c1. The van der Waals surface area contributed by atoms with Gasteiger partial charge in [-0.15, -0.1) is 0 Å². The third-order valence-electron chi connectivity index (χ3n) is 4.95. The van der Waals surface area contributed by atoms with Crippen LogP contribution in [0.25, 0.3) is 0 Å². The van der Waals surface area contributed by atoms with Gasteiger partial charge in [-0.25, -0.2) is 19.7 Å². The Morgan fingerprint density at radius 2 is 1.97 bits per heavy atom. The van der Waals surface area contributed by atoms with E-state index < -0.39 is 5.60 Å². The molecule has 0 saturated carbocycles. The van der Waals surface area contributed by atoms with Crippen molar-refractivity contribution in [3.8, 4) is 0 Å². The number of ether oxygens (including phenoxy) is 1. The van der Waals surface area contributed by atoms with Crippen molar-refractivity contribution in [1.82, 2.24) is 25.2 Å². The summed E-state index contributed by atoms with van der Waals surface area (Å²) in [5, 5.41) is 6.71. The Kier molecular flexibility index (Phi) is 7.83. The number of rotatable bonds is 6. The molecule has 1 fully saturated rings. The minimum atomic E-state index is -0.452. The molecule has 0 radical (unpaired) electrons. The first-order valence-electron chi connectivity index (χ1n) is 10.6. The minimum Gasteiger partial charge on any atom is -0.444 e. The van der Waals surface area contributed by atoms with Gasteiger partial charge in [0.15, 0.2) is 0 Å². The van der Waals surface area contributed by atoms with Crippen molar-refractivity contribution < 1.29 is 9.53 Å². The van der Waals surface area contributed by atoms with Gasteiger partial charge < -0.3 is 20.3 Å². The summed E-state index contributed by atoms with van der Waals surface area (Å²) in [7, 11) is 0. The lowest BCUT2D eigenvalue weighted by atomic mass is 9.97. The van der Waals surface area contributed by atoms with Crippen LogP contribution in [0.5, 0.6) is 0 Å². The Labute approximate surface area is 192 Å². The zero-order valence-electron chi connectivity index (χ0n) is 18.6. The molecule has 2 N–H and O–H groups in total. The van der Waals surface area contributed by atoms with Crippen LogP contribution in [0, 0.1) is 12.8 Å². The summed E-state index contributed by atoms with van der Waals surface area (Å²) < 4.78 is 6.35. The predicted octanol–water partition coefficient (Wildman–Crippen LogP) is 4.42. The maximum Gasteiger partial charge on any atom is 0.410 e. The molecule has 2 aromatic heterocycles. The molecule has 1 aliphatic rings. The second-order valence-electron chi connectivity index (χ2n) is 8.90. The van der Waals surface area contributed by atoms with E-state index in [0.717, 1.165) is 54.0 Å². The number of nitrogens with one attached hydrogen (secondary N) is 2. The second-order valence-corrected chi connectivity index (χ2v) is 9.76. The van der Waals surface area contributed by atoms with Gasteiger partial charge in [0, 0.05) is 31.9 Å². The van der Waals surface area contributed by atoms with Gasteiger partial charge in [0.25, 0.3) is 0 Å². The van der Waals surface area contributed by atoms with Gasteiger partial charge in [-0.3, -0.25) is 0 Å². The Bertz CT molecular complexity index is 894. The molecule has 8 nitrogen and oxygen atoms in total. The van der Waals surface area contributed by atoms with E-state index in [1.807, 2.05) is 46.0 Å². The number of aromatic nitrogens is 3. The Hall–Kier alpha value is -2.26. The highest BCUT2D eigenvalue weighted by molar-refractivity contribution is 9.10. The molecule has 0 aliphatic carbocycles. The normalized spacial score (nSPS) is 15.1. The van der Waals surface area contributed by atoms with Crippen LogP contribution in [-0.4, -0.2) is 51.2 Å². The van der Waals surface area contributed by atoms with Crippen LogP contribution in [0.15, 0.2) is 29.1 Å². The van der Waals surface area contributed by atoms with E-state index in [0.29, 0.717) is 18.3 Å². The monoisotopic (exact) mass is 490 g/mol. The largest absolute Gasteiger partial charge is 0.444 e. The summed E-state index contributed by atoms with van der Waals surface area (Å²) in [4.78, 5) is 27.0. The molecule has 31 heavy (non-hydrogen) atoms. The van der Waals surface area contributed by atoms with E-state index >= 15 is 0 Å². The smallest absolute Gasteiger partial charge is 0.410 e. The lowest BCUT2D eigenvalue weighted by Crippen LogP contribution is -2.43. The maximum absolute atomic E-state index is 12.2. The van der Waals surface area contributed by atoms with E-state index in [1.54, 1.807) is 11.2 Å². The van der Waals surface area contributed by atoms with Crippen LogP contribution in [-0.2, 0) is 11.3 Å². The summed E-state index contributed by atoms with van der Waals surface area (Å²) in [5.74, 6) is 1.96. The van der Waals surface area contributed by atoms with Crippen molar-refractivity contribution in [3.05, 3.63) is 40.4 Å². The Morgan fingerprint density at radius 3 is 2.65 bits per heavy atom. The fourth-order valence-electron chi connectivity index (χ4n) is 3.36. The molecular formula is C22H31BrN6O2. The molecule has 2 aromatic rings. The minimum absolute atomic E-state index is 0.213. The Balaban J connectivity index is 1.43. The van der Waals surface area contributed by atoms with Crippen molar-refractivity contribution in [2.75, 3.05) is 25.0 Å². The zero-order chi connectivity index (χ0) is 22.4. The fourth-order valence-corrected chi connectivity index (χ4v) is 3.92.